The molecule has 0 aliphatic carbocycles. The lowest BCUT2D eigenvalue weighted by molar-refractivity contribution is 1.43. The van der Waals surface area contributed by atoms with Crippen molar-refractivity contribution >= 4 is 21.7 Å². The Morgan fingerprint density at radius 1 is 0.929 bits per heavy atom. The first-order valence-corrected chi connectivity index (χ1v) is 4.51. The lowest BCUT2D eigenvalue weighted by Crippen LogP contribution is -1.79. The summed E-state index contributed by atoms with van der Waals surface area (Å²) in [4.78, 5) is 4.21. The van der Waals surface area contributed by atoms with E-state index in [2.05, 4.69) is 4.98 Å². The number of hydrogen-bond donors (Lipinski definition) is 0. The van der Waals surface area contributed by atoms with Crippen LogP contribution in [0.15, 0.2) is 54.7 Å². The molecule has 0 radical (unpaired) electrons. The molecule has 66 valence electrons. The van der Waals surface area contributed by atoms with Crippen LogP contribution in [0.5, 0.6) is 0 Å². The van der Waals surface area contributed by atoms with Crippen molar-refractivity contribution in [2.75, 3.05) is 0 Å². The minimum Gasteiger partial charge on any atom is -0.256 e. The molecule has 1 heteroatoms. The van der Waals surface area contributed by atoms with Crippen LogP contribution in [0.25, 0.3) is 21.7 Å². The lowest BCUT2D eigenvalue weighted by Gasteiger charge is -2.01. The van der Waals surface area contributed by atoms with Gasteiger partial charge in [-0.25, -0.2) is 0 Å². The van der Waals surface area contributed by atoms with Crippen molar-refractivity contribution in [1.29, 1.82) is 0 Å². The van der Waals surface area contributed by atoms with Crippen molar-refractivity contribution in [2.24, 2.45) is 0 Å². The first kappa shape index (κ1) is 5.76. The fourth-order valence-corrected chi connectivity index (χ4v) is 1.68. The highest BCUT2D eigenvalue weighted by Crippen LogP contribution is 2.22. The van der Waals surface area contributed by atoms with Crippen LogP contribution in [0.1, 0.15) is 2.74 Å². The summed E-state index contributed by atoms with van der Waals surface area (Å²) in [6.07, 6.45) is 0.239. The zero-order chi connectivity index (χ0) is 11.1. The number of nitrogens with zero attached hydrogens (tertiary/aromatic N) is 1. The Morgan fingerprint density at radius 2 is 1.79 bits per heavy atom. The molecule has 0 saturated carbocycles. The minimum atomic E-state index is 0.239. The summed E-state index contributed by atoms with van der Waals surface area (Å²) in [5.41, 5.74) is 0.746. The van der Waals surface area contributed by atoms with Gasteiger partial charge in [-0.1, -0.05) is 42.4 Å². The molecule has 0 bridgehead atoms. The van der Waals surface area contributed by atoms with Gasteiger partial charge in [-0.05, 0) is 11.5 Å². The first-order valence-electron chi connectivity index (χ1n) is 5.51. The Bertz CT molecular complexity index is 692. The van der Waals surface area contributed by atoms with Gasteiger partial charge in [0.25, 0.3) is 0 Å². The molecular weight excluding hydrogens is 170 g/mol. The first-order chi connectivity index (χ1) is 7.75. The minimum absolute atomic E-state index is 0.239. The van der Waals surface area contributed by atoms with Crippen LogP contribution in [0.3, 0.4) is 0 Å². The Balaban J connectivity index is 2.61. The quantitative estimate of drug-likeness (QED) is 0.484. The summed E-state index contributed by atoms with van der Waals surface area (Å²) in [7, 11) is 0. The summed E-state index contributed by atoms with van der Waals surface area (Å²) < 4.78 is 15.5. The van der Waals surface area contributed by atoms with Gasteiger partial charge in [0.1, 0.15) is 0 Å². The van der Waals surface area contributed by atoms with Crippen molar-refractivity contribution < 1.29 is 2.74 Å². The molecule has 0 unspecified atom stereocenters. The number of aromatic nitrogens is 1. The van der Waals surface area contributed by atoms with Gasteiger partial charge in [0.05, 0.1) is 8.26 Å². The highest BCUT2D eigenvalue weighted by Gasteiger charge is 1.98. The second-order valence-electron chi connectivity index (χ2n) is 3.21. The molecule has 3 rings (SSSR count). The molecule has 2 aromatic carbocycles. The van der Waals surface area contributed by atoms with Crippen molar-refractivity contribution in [3.63, 3.8) is 0 Å². The van der Waals surface area contributed by atoms with E-state index in [1.807, 2.05) is 30.3 Å². The molecular formula is C13H9N. The summed E-state index contributed by atoms with van der Waals surface area (Å²) in [5.74, 6) is 0. The monoisotopic (exact) mass is 181 g/mol. The van der Waals surface area contributed by atoms with Crippen molar-refractivity contribution in [3.8, 4) is 0 Å². The largest absolute Gasteiger partial charge is 0.256 e. The number of rotatable bonds is 0. The van der Waals surface area contributed by atoms with E-state index in [4.69, 9.17) is 2.74 Å². The molecule has 0 amide bonds. The van der Waals surface area contributed by atoms with E-state index in [1.54, 1.807) is 12.1 Å². The summed E-state index contributed by atoms with van der Waals surface area (Å²) >= 11 is 0. The van der Waals surface area contributed by atoms with E-state index in [0.717, 1.165) is 21.7 Å². The number of pyridine rings is 1. The molecule has 1 heterocycles. The highest BCUT2D eigenvalue weighted by atomic mass is 14.6. The van der Waals surface area contributed by atoms with Crippen LogP contribution in [-0.2, 0) is 0 Å². The van der Waals surface area contributed by atoms with Crippen LogP contribution in [0.2, 0.25) is 0 Å². The second kappa shape index (κ2) is 2.81. The van der Waals surface area contributed by atoms with Gasteiger partial charge in [-0.3, -0.25) is 4.98 Å². The molecule has 3 aromatic rings. The summed E-state index contributed by atoms with van der Waals surface area (Å²) in [6, 6.07) is 13.5. The van der Waals surface area contributed by atoms with Crippen molar-refractivity contribution in [2.45, 2.75) is 0 Å². The van der Waals surface area contributed by atoms with Gasteiger partial charge in [-0.15, -0.1) is 0 Å². The van der Waals surface area contributed by atoms with Gasteiger partial charge >= 0.3 is 0 Å². The highest BCUT2D eigenvalue weighted by molar-refractivity contribution is 6.04. The van der Waals surface area contributed by atoms with Crippen LogP contribution >= 0.6 is 0 Å². The van der Waals surface area contributed by atoms with Gasteiger partial charge in [-0.2, -0.15) is 0 Å². The molecule has 14 heavy (non-hydrogen) atoms. The van der Waals surface area contributed by atoms with Gasteiger partial charge in [0.2, 0.25) is 0 Å². The zero-order valence-electron chi connectivity index (χ0n) is 9.49. The molecule has 0 atom stereocenters. The Morgan fingerprint density at radius 3 is 2.79 bits per heavy atom. The maximum atomic E-state index is 7.92. The maximum Gasteiger partial charge on any atom is 0.0840 e. The van der Waals surface area contributed by atoms with Gasteiger partial charge in [0, 0.05) is 16.9 Å². The van der Waals surface area contributed by atoms with E-state index in [-0.39, 0.29) is 6.17 Å². The molecule has 0 fully saturated rings. The third-order valence-electron chi connectivity index (χ3n) is 2.35. The topological polar surface area (TPSA) is 12.9 Å². The SMILES string of the molecule is [2H]c1ccc2ccc3cccc([2H])c3c2n1. The van der Waals surface area contributed by atoms with E-state index in [9.17, 15) is 0 Å². The van der Waals surface area contributed by atoms with Crippen LogP contribution < -0.4 is 0 Å². The van der Waals surface area contributed by atoms with E-state index >= 15 is 0 Å². The Kier molecular flexibility index (Phi) is 1.16. The molecule has 0 N–H and O–H groups in total. The predicted molar refractivity (Wildman–Crippen MR) is 59.2 cm³/mol. The third kappa shape index (κ3) is 0.990. The maximum absolute atomic E-state index is 7.92. The average molecular weight is 181 g/mol. The van der Waals surface area contributed by atoms with Gasteiger partial charge < -0.3 is 0 Å². The predicted octanol–water partition coefficient (Wildman–Crippen LogP) is 3.39. The van der Waals surface area contributed by atoms with Crippen molar-refractivity contribution in [3.05, 3.63) is 54.7 Å². The number of fused-ring (bicyclic) bond motifs is 3. The molecule has 1 aromatic heterocycles. The standard InChI is InChI=1S/C13H9N/c1-2-6-12-10(4-1)7-8-11-5-3-9-14-13(11)12/h1-9H/i6D,9D. The Labute approximate surface area is 84.8 Å². The number of benzene rings is 2. The summed E-state index contributed by atoms with van der Waals surface area (Å²) in [5, 5.41) is 2.80. The molecule has 0 aliphatic rings. The molecule has 0 spiro atoms. The zero-order valence-corrected chi connectivity index (χ0v) is 7.49. The third-order valence-corrected chi connectivity index (χ3v) is 2.35. The van der Waals surface area contributed by atoms with Crippen LogP contribution in [0, 0.1) is 0 Å². The van der Waals surface area contributed by atoms with E-state index < -0.39 is 0 Å². The smallest absolute Gasteiger partial charge is 0.0840 e. The molecule has 0 aliphatic heterocycles. The van der Waals surface area contributed by atoms with E-state index in [1.165, 1.54) is 0 Å². The average Bonchev–Trinajstić information content (AvgIpc) is 2.28. The normalized spacial score (nSPS) is 12.9. The molecule has 1 nitrogen and oxygen atoms in total. The Hall–Kier alpha value is -1.89. The molecule has 0 saturated heterocycles. The second-order valence-corrected chi connectivity index (χ2v) is 3.21. The summed E-state index contributed by atoms with van der Waals surface area (Å²) in [6.45, 7) is 0. The van der Waals surface area contributed by atoms with Crippen LogP contribution in [0.4, 0.5) is 0 Å². The fraction of sp³-hybridized carbons (Fsp3) is 0. The van der Waals surface area contributed by atoms with E-state index in [0.29, 0.717) is 6.04 Å². The fourth-order valence-electron chi connectivity index (χ4n) is 1.68. The lowest BCUT2D eigenvalue weighted by atomic mass is 10.1. The van der Waals surface area contributed by atoms with Crippen LogP contribution in [-0.4, -0.2) is 4.98 Å². The van der Waals surface area contributed by atoms with Crippen molar-refractivity contribution in [1.82, 2.24) is 4.98 Å². The number of hydrogen-bond acceptors (Lipinski definition) is 1. The van der Waals surface area contributed by atoms with Gasteiger partial charge in [0.15, 0.2) is 0 Å².